The van der Waals surface area contributed by atoms with Gasteiger partial charge in [0.1, 0.15) is 0 Å². The van der Waals surface area contributed by atoms with Crippen LogP contribution in [-0.4, -0.2) is 22.7 Å². The van der Waals surface area contributed by atoms with Crippen LogP contribution < -0.4 is 5.32 Å². The second-order valence-corrected chi connectivity index (χ2v) is 5.71. The van der Waals surface area contributed by atoms with Gasteiger partial charge in [0.25, 0.3) is 0 Å². The predicted molar refractivity (Wildman–Crippen MR) is 77.9 cm³/mol. The Morgan fingerprint density at radius 1 is 1.32 bits per heavy atom. The molecule has 3 nitrogen and oxygen atoms in total. The van der Waals surface area contributed by atoms with E-state index in [0.29, 0.717) is 12.0 Å². The summed E-state index contributed by atoms with van der Waals surface area (Å²) < 4.78 is 0. The molecule has 3 heteroatoms. The predicted octanol–water partition coefficient (Wildman–Crippen LogP) is 3.06. The van der Waals surface area contributed by atoms with Crippen LogP contribution in [0.15, 0.2) is 24.5 Å². The van der Waals surface area contributed by atoms with Crippen LogP contribution in [0.1, 0.15) is 57.1 Å². The van der Waals surface area contributed by atoms with Crippen LogP contribution in [0, 0.1) is 5.92 Å². The van der Waals surface area contributed by atoms with E-state index in [9.17, 15) is 5.11 Å². The average molecular weight is 262 g/mol. The van der Waals surface area contributed by atoms with Crippen molar-refractivity contribution in [1.29, 1.82) is 0 Å². The molecule has 1 aliphatic carbocycles. The van der Waals surface area contributed by atoms with E-state index in [1.54, 1.807) is 0 Å². The summed E-state index contributed by atoms with van der Waals surface area (Å²) in [7, 11) is 0. The number of nitrogens with zero attached hydrogens (tertiary/aromatic N) is 1. The van der Waals surface area contributed by atoms with E-state index < -0.39 is 0 Å². The van der Waals surface area contributed by atoms with Crippen molar-refractivity contribution in [3.05, 3.63) is 30.1 Å². The molecule has 0 spiro atoms. The Kier molecular flexibility index (Phi) is 5.80. The Morgan fingerprint density at radius 2 is 2.05 bits per heavy atom. The number of aliphatic hydroxyl groups excluding tert-OH is 1. The highest BCUT2D eigenvalue weighted by Gasteiger charge is 2.22. The molecule has 1 aromatic rings. The molecule has 3 atom stereocenters. The third-order valence-electron chi connectivity index (χ3n) is 4.28. The Hall–Kier alpha value is -0.930. The SMILES string of the molecule is CC(NCCCC1CCCCC1O)c1ccncc1. The van der Waals surface area contributed by atoms with Crippen LogP contribution in [0.4, 0.5) is 0 Å². The maximum Gasteiger partial charge on any atom is 0.0568 e. The van der Waals surface area contributed by atoms with Gasteiger partial charge >= 0.3 is 0 Å². The molecule has 0 amide bonds. The normalized spacial score (nSPS) is 25.2. The molecule has 0 radical (unpaired) electrons. The summed E-state index contributed by atoms with van der Waals surface area (Å²) >= 11 is 0. The fourth-order valence-electron chi connectivity index (χ4n) is 2.98. The zero-order valence-corrected chi connectivity index (χ0v) is 11.9. The smallest absolute Gasteiger partial charge is 0.0568 e. The number of aliphatic hydroxyl groups is 1. The van der Waals surface area contributed by atoms with Crippen molar-refractivity contribution in [1.82, 2.24) is 10.3 Å². The summed E-state index contributed by atoms with van der Waals surface area (Å²) in [6.07, 6.45) is 10.6. The van der Waals surface area contributed by atoms with E-state index in [1.165, 1.54) is 24.8 Å². The minimum absolute atomic E-state index is 0.0497. The first-order valence-corrected chi connectivity index (χ1v) is 7.58. The van der Waals surface area contributed by atoms with Crippen molar-refractivity contribution < 1.29 is 5.11 Å². The van der Waals surface area contributed by atoms with E-state index in [-0.39, 0.29) is 6.10 Å². The number of hydrogen-bond donors (Lipinski definition) is 2. The zero-order chi connectivity index (χ0) is 13.5. The van der Waals surface area contributed by atoms with Crippen molar-refractivity contribution in [2.45, 2.75) is 57.6 Å². The van der Waals surface area contributed by atoms with Crippen molar-refractivity contribution in [3.63, 3.8) is 0 Å². The minimum Gasteiger partial charge on any atom is -0.393 e. The maximum absolute atomic E-state index is 9.93. The summed E-state index contributed by atoms with van der Waals surface area (Å²) in [5.74, 6) is 0.534. The number of hydrogen-bond acceptors (Lipinski definition) is 3. The first-order chi connectivity index (χ1) is 9.27. The van der Waals surface area contributed by atoms with Gasteiger partial charge in [-0.25, -0.2) is 0 Å². The van der Waals surface area contributed by atoms with E-state index in [1.807, 2.05) is 12.4 Å². The summed E-state index contributed by atoms with van der Waals surface area (Å²) in [5, 5.41) is 13.5. The van der Waals surface area contributed by atoms with E-state index >= 15 is 0 Å². The molecule has 1 heterocycles. The van der Waals surface area contributed by atoms with Gasteiger partial charge in [-0.15, -0.1) is 0 Å². The molecule has 19 heavy (non-hydrogen) atoms. The third-order valence-corrected chi connectivity index (χ3v) is 4.28. The van der Waals surface area contributed by atoms with Gasteiger partial charge in [-0.05, 0) is 62.8 Å². The Bertz CT molecular complexity index is 355. The number of nitrogens with one attached hydrogen (secondary N) is 1. The molecule has 0 bridgehead atoms. The highest BCUT2D eigenvalue weighted by molar-refractivity contribution is 5.13. The van der Waals surface area contributed by atoms with Crippen molar-refractivity contribution in [2.75, 3.05) is 6.54 Å². The number of aromatic nitrogens is 1. The Labute approximate surface area is 116 Å². The molecule has 2 rings (SSSR count). The Balaban J connectivity index is 1.64. The van der Waals surface area contributed by atoms with E-state index in [0.717, 1.165) is 25.8 Å². The lowest BCUT2D eigenvalue weighted by Crippen LogP contribution is -2.26. The van der Waals surface area contributed by atoms with E-state index in [4.69, 9.17) is 0 Å². The standard InChI is InChI=1S/C16H26N2O/c1-13(14-8-11-17-12-9-14)18-10-4-6-15-5-2-3-7-16(15)19/h8-9,11-13,15-16,18-19H,2-7,10H2,1H3. The molecule has 1 aliphatic rings. The fourth-order valence-corrected chi connectivity index (χ4v) is 2.98. The second-order valence-electron chi connectivity index (χ2n) is 5.71. The summed E-state index contributed by atoms with van der Waals surface area (Å²) in [4.78, 5) is 4.04. The molecule has 1 fully saturated rings. The highest BCUT2D eigenvalue weighted by Crippen LogP contribution is 2.27. The molecule has 0 saturated heterocycles. The van der Waals surface area contributed by atoms with Gasteiger partial charge in [0.05, 0.1) is 6.10 Å². The zero-order valence-electron chi connectivity index (χ0n) is 11.9. The van der Waals surface area contributed by atoms with Gasteiger partial charge in [0.15, 0.2) is 0 Å². The molecule has 3 unspecified atom stereocenters. The molecule has 0 aliphatic heterocycles. The molecular formula is C16H26N2O. The van der Waals surface area contributed by atoms with Gasteiger partial charge in [-0.2, -0.15) is 0 Å². The lowest BCUT2D eigenvalue weighted by Gasteiger charge is -2.27. The van der Waals surface area contributed by atoms with Crippen molar-refractivity contribution in [3.8, 4) is 0 Å². The quantitative estimate of drug-likeness (QED) is 0.774. The average Bonchev–Trinajstić information content (AvgIpc) is 2.46. The molecule has 1 saturated carbocycles. The first-order valence-electron chi connectivity index (χ1n) is 7.58. The van der Waals surface area contributed by atoms with Gasteiger partial charge in [-0.3, -0.25) is 4.98 Å². The number of pyridine rings is 1. The topological polar surface area (TPSA) is 45.1 Å². The van der Waals surface area contributed by atoms with Gasteiger partial charge in [0, 0.05) is 18.4 Å². The van der Waals surface area contributed by atoms with Crippen LogP contribution in [0.2, 0.25) is 0 Å². The van der Waals surface area contributed by atoms with Gasteiger partial charge < -0.3 is 10.4 Å². The van der Waals surface area contributed by atoms with Gasteiger partial charge in [-0.1, -0.05) is 12.8 Å². The van der Waals surface area contributed by atoms with Crippen LogP contribution in [-0.2, 0) is 0 Å². The molecule has 106 valence electrons. The van der Waals surface area contributed by atoms with Crippen LogP contribution in [0.5, 0.6) is 0 Å². The summed E-state index contributed by atoms with van der Waals surface area (Å²) in [6, 6.07) is 4.49. The molecule has 2 N–H and O–H groups in total. The van der Waals surface area contributed by atoms with Crippen LogP contribution in [0.25, 0.3) is 0 Å². The Morgan fingerprint density at radius 3 is 2.79 bits per heavy atom. The van der Waals surface area contributed by atoms with Crippen LogP contribution in [0.3, 0.4) is 0 Å². The van der Waals surface area contributed by atoms with Crippen molar-refractivity contribution in [2.24, 2.45) is 5.92 Å². The van der Waals surface area contributed by atoms with Crippen LogP contribution >= 0.6 is 0 Å². The summed E-state index contributed by atoms with van der Waals surface area (Å²) in [6.45, 7) is 3.21. The third kappa shape index (κ3) is 4.59. The van der Waals surface area contributed by atoms with E-state index in [2.05, 4.69) is 29.4 Å². The van der Waals surface area contributed by atoms with Gasteiger partial charge in [0.2, 0.25) is 0 Å². The minimum atomic E-state index is -0.0497. The molecule has 1 aromatic heterocycles. The lowest BCUT2D eigenvalue weighted by molar-refractivity contribution is 0.0642. The second kappa shape index (κ2) is 7.61. The highest BCUT2D eigenvalue weighted by atomic mass is 16.3. The molecule has 0 aromatic carbocycles. The lowest BCUT2D eigenvalue weighted by atomic mass is 9.83. The largest absolute Gasteiger partial charge is 0.393 e. The molecular weight excluding hydrogens is 236 g/mol. The summed E-state index contributed by atoms with van der Waals surface area (Å²) in [5.41, 5.74) is 1.28. The first kappa shape index (κ1) is 14.5. The van der Waals surface area contributed by atoms with Crippen molar-refractivity contribution >= 4 is 0 Å². The number of rotatable bonds is 6. The maximum atomic E-state index is 9.93. The fraction of sp³-hybridized carbons (Fsp3) is 0.688. The monoisotopic (exact) mass is 262 g/mol.